The molecule has 0 radical (unpaired) electrons. The summed E-state index contributed by atoms with van der Waals surface area (Å²) >= 11 is 3.34. The Balaban J connectivity index is 1.63. The average molecular weight is 530 g/mol. The second-order valence-corrected chi connectivity index (χ2v) is 9.55. The van der Waals surface area contributed by atoms with E-state index in [1.165, 1.54) is 18.3 Å². The molecular formula is C23H20BrN3O5S. The first kappa shape index (κ1) is 24.3. The fraction of sp³-hybridized carbons (Fsp3) is 0.0870. The van der Waals surface area contributed by atoms with Gasteiger partial charge >= 0.3 is 5.97 Å². The Morgan fingerprint density at radius 3 is 2.52 bits per heavy atom. The second-order valence-electron chi connectivity index (χ2n) is 6.87. The number of halogens is 1. The molecule has 10 heteroatoms. The van der Waals surface area contributed by atoms with Crippen LogP contribution in [-0.2, 0) is 14.8 Å². The molecule has 0 aromatic heterocycles. The van der Waals surface area contributed by atoms with Gasteiger partial charge in [0.1, 0.15) is 5.75 Å². The number of benzene rings is 3. The molecule has 0 saturated carbocycles. The van der Waals surface area contributed by atoms with Gasteiger partial charge in [-0.1, -0.05) is 51.8 Å². The number of hydrazone groups is 1. The topological polar surface area (TPSA) is 114 Å². The highest BCUT2D eigenvalue weighted by molar-refractivity contribution is 9.10. The summed E-state index contributed by atoms with van der Waals surface area (Å²) in [6.07, 6.45) is 1.30. The van der Waals surface area contributed by atoms with Crippen molar-refractivity contribution in [3.63, 3.8) is 0 Å². The molecule has 0 aliphatic rings. The predicted octanol–water partition coefficient (Wildman–Crippen LogP) is 3.41. The number of carbonyl (C=O) groups excluding carboxylic acids is 2. The molecule has 2 N–H and O–H groups in total. The van der Waals surface area contributed by atoms with E-state index in [2.05, 4.69) is 31.2 Å². The van der Waals surface area contributed by atoms with Gasteiger partial charge in [0.25, 0.3) is 5.91 Å². The van der Waals surface area contributed by atoms with Gasteiger partial charge in [0.05, 0.1) is 23.2 Å². The molecule has 0 atom stereocenters. The van der Waals surface area contributed by atoms with Crippen molar-refractivity contribution in [3.05, 3.63) is 94.0 Å². The lowest BCUT2D eigenvalue weighted by atomic mass is 10.1. The first-order valence-electron chi connectivity index (χ1n) is 9.69. The maximum Gasteiger partial charge on any atom is 0.343 e. The Morgan fingerprint density at radius 1 is 1.03 bits per heavy atom. The molecule has 1 amide bonds. The van der Waals surface area contributed by atoms with Crippen LogP contribution >= 0.6 is 15.9 Å². The minimum atomic E-state index is -3.81. The summed E-state index contributed by atoms with van der Waals surface area (Å²) in [5.74, 6) is -0.957. The fourth-order valence-electron chi connectivity index (χ4n) is 2.70. The van der Waals surface area contributed by atoms with Gasteiger partial charge < -0.3 is 4.74 Å². The van der Waals surface area contributed by atoms with E-state index in [0.29, 0.717) is 15.6 Å². The standard InChI is InChI=1S/C23H20BrN3O5S/c1-16-6-5-7-17(12-16)23(29)32-21-11-10-19(24)13-18(21)14-25-27-22(28)15-26-33(30,31)20-8-3-2-4-9-20/h2-14,26H,15H2,1H3,(H,27,28). The number of amides is 1. The Kier molecular flexibility index (Phi) is 8.10. The van der Waals surface area contributed by atoms with Crippen LogP contribution in [0.1, 0.15) is 21.5 Å². The molecule has 0 heterocycles. The summed E-state index contributed by atoms with van der Waals surface area (Å²) in [4.78, 5) is 24.5. The van der Waals surface area contributed by atoms with Gasteiger partial charge in [0, 0.05) is 10.0 Å². The van der Waals surface area contributed by atoms with Crippen LogP contribution in [0, 0.1) is 6.92 Å². The summed E-state index contributed by atoms with van der Waals surface area (Å²) in [6, 6.07) is 19.7. The van der Waals surface area contributed by atoms with Crippen LogP contribution in [0.15, 0.2) is 87.3 Å². The van der Waals surface area contributed by atoms with Crippen molar-refractivity contribution in [3.8, 4) is 5.75 Å². The second kappa shape index (κ2) is 11.0. The fourth-order valence-corrected chi connectivity index (χ4v) is 4.08. The van der Waals surface area contributed by atoms with Crippen molar-refractivity contribution >= 4 is 44.0 Å². The van der Waals surface area contributed by atoms with Gasteiger partial charge in [-0.05, 0) is 49.4 Å². The van der Waals surface area contributed by atoms with E-state index in [1.807, 2.05) is 13.0 Å². The molecule has 0 aliphatic heterocycles. The average Bonchev–Trinajstić information content (AvgIpc) is 2.80. The van der Waals surface area contributed by atoms with Crippen LogP contribution in [0.5, 0.6) is 5.75 Å². The molecule has 0 spiro atoms. The third-order valence-electron chi connectivity index (χ3n) is 4.30. The van der Waals surface area contributed by atoms with E-state index in [1.54, 1.807) is 54.6 Å². The van der Waals surface area contributed by atoms with Crippen LogP contribution in [-0.4, -0.2) is 33.1 Å². The summed E-state index contributed by atoms with van der Waals surface area (Å²) in [5, 5.41) is 3.84. The smallest absolute Gasteiger partial charge is 0.343 e. The van der Waals surface area contributed by atoms with Crippen LogP contribution < -0.4 is 14.9 Å². The van der Waals surface area contributed by atoms with Gasteiger partial charge in [-0.15, -0.1) is 0 Å². The molecule has 33 heavy (non-hydrogen) atoms. The highest BCUT2D eigenvalue weighted by Crippen LogP contribution is 2.23. The summed E-state index contributed by atoms with van der Waals surface area (Å²) in [7, 11) is -3.81. The highest BCUT2D eigenvalue weighted by atomic mass is 79.9. The van der Waals surface area contributed by atoms with Gasteiger partial charge in [0.15, 0.2) is 0 Å². The number of hydrogen-bond donors (Lipinski definition) is 2. The first-order valence-corrected chi connectivity index (χ1v) is 12.0. The van der Waals surface area contributed by atoms with Gasteiger partial charge in [-0.3, -0.25) is 4.79 Å². The number of hydrogen-bond acceptors (Lipinski definition) is 6. The van der Waals surface area contributed by atoms with E-state index < -0.39 is 28.4 Å². The summed E-state index contributed by atoms with van der Waals surface area (Å²) < 4.78 is 32.7. The van der Waals surface area contributed by atoms with Crippen molar-refractivity contribution in [2.45, 2.75) is 11.8 Å². The third-order valence-corrected chi connectivity index (χ3v) is 6.21. The van der Waals surface area contributed by atoms with Gasteiger partial charge in [-0.25, -0.2) is 23.4 Å². The van der Waals surface area contributed by atoms with Crippen molar-refractivity contribution in [1.82, 2.24) is 10.1 Å². The Hall–Kier alpha value is -3.34. The molecule has 3 rings (SSSR count). The number of rotatable bonds is 8. The largest absolute Gasteiger partial charge is 0.422 e. The number of nitrogens with zero attached hydrogens (tertiary/aromatic N) is 1. The van der Waals surface area contributed by atoms with Crippen LogP contribution in [0.4, 0.5) is 0 Å². The molecule has 0 aliphatic carbocycles. The SMILES string of the molecule is Cc1cccc(C(=O)Oc2ccc(Br)cc2C=NNC(=O)CNS(=O)(=O)c2ccccc2)c1. The molecule has 0 saturated heterocycles. The molecule has 3 aromatic carbocycles. The van der Waals surface area contributed by atoms with E-state index in [-0.39, 0.29) is 10.6 Å². The van der Waals surface area contributed by atoms with Crippen LogP contribution in [0.3, 0.4) is 0 Å². The van der Waals surface area contributed by atoms with E-state index >= 15 is 0 Å². The number of ether oxygens (including phenoxy) is 1. The van der Waals surface area contributed by atoms with Crippen LogP contribution in [0.2, 0.25) is 0 Å². The summed E-state index contributed by atoms with van der Waals surface area (Å²) in [6.45, 7) is 1.37. The lowest BCUT2D eigenvalue weighted by Gasteiger charge is -2.09. The lowest BCUT2D eigenvalue weighted by Crippen LogP contribution is -2.34. The first-order chi connectivity index (χ1) is 15.7. The zero-order valence-electron chi connectivity index (χ0n) is 17.5. The maximum atomic E-state index is 12.5. The maximum absolute atomic E-state index is 12.5. The van der Waals surface area contributed by atoms with Crippen molar-refractivity contribution < 1.29 is 22.7 Å². The molecule has 170 valence electrons. The van der Waals surface area contributed by atoms with Gasteiger partial charge in [0.2, 0.25) is 10.0 Å². The molecular weight excluding hydrogens is 510 g/mol. The summed E-state index contributed by atoms with van der Waals surface area (Å²) in [5.41, 5.74) is 3.99. The minimum Gasteiger partial charge on any atom is -0.422 e. The number of esters is 1. The molecule has 0 unspecified atom stereocenters. The highest BCUT2D eigenvalue weighted by Gasteiger charge is 2.15. The Bertz CT molecular complexity index is 1290. The van der Waals surface area contributed by atoms with E-state index in [9.17, 15) is 18.0 Å². The molecule has 3 aromatic rings. The zero-order valence-corrected chi connectivity index (χ0v) is 19.9. The number of carbonyl (C=O) groups is 2. The quantitative estimate of drug-likeness (QED) is 0.201. The molecule has 0 fully saturated rings. The number of nitrogens with one attached hydrogen (secondary N) is 2. The van der Waals surface area contributed by atoms with Crippen LogP contribution in [0.25, 0.3) is 0 Å². The third kappa shape index (κ3) is 7.07. The normalized spacial score (nSPS) is 11.3. The molecule has 8 nitrogen and oxygen atoms in total. The Labute approximate surface area is 199 Å². The van der Waals surface area contributed by atoms with Gasteiger partial charge in [-0.2, -0.15) is 5.10 Å². The van der Waals surface area contributed by atoms with Crippen molar-refractivity contribution in [2.24, 2.45) is 5.10 Å². The van der Waals surface area contributed by atoms with Crippen molar-refractivity contribution in [1.29, 1.82) is 0 Å². The van der Waals surface area contributed by atoms with E-state index in [0.717, 1.165) is 5.56 Å². The molecule has 0 bridgehead atoms. The number of sulfonamides is 1. The minimum absolute atomic E-state index is 0.0514. The number of aryl methyl sites for hydroxylation is 1. The predicted molar refractivity (Wildman–Crippen MR) is 128 cm³/mol. The lowest BCUT2D eigenvalue weighted by molar-refractivity contribution is -0.119. The monoisotopic (exact) mass is 529 g/mol. The van der Waals surface area contributed by atoms with Crippen molar-refractivity contribution in [2.75, 3.05) is 6.54 Å². The Morgan fingerprint density at radius 2 is 1.79 bits per heavy atom. The zero-order chi connectivity index (χ0) is 23.8. The van der Waals surface area contributed by atoms with E-state index in [4.69, 9.17) is 4.74 Å².